The zero-order valence-electron chi connectivity index (χ0n) is 11.1. The van der Waals surface area contributed by atoms with Gasteiger partial charge in [-0.25, -0.2) is 12.8 Å². The monoisotopic (exact) mass is 322 g/mol. The highest BCUT2D eigenvalue weighted by Crippen LogP contribution is 2.19. The van der Waals surface area contributed by atoms with Crippen LogP contribution in [0.5, 0.6) is 0 Å². The normalized spacial score (nSPS) is 13.0. The minimum Gasteiger partial charge on any atom is -0.355 e. The van der Waals surface area contributed by atoms with Gasteiger partial charge in [0.25, 0.3) is 0 Å². The molecule has 0 spiro atoms. The molecule has 0 radical (unpaired) electrons. The topological polar surface area (TPSA) is 75.3 Å². The number of carbonyl (C=O) groups is 1. The molecule has 0 aliphatic rings. The van der Waals surface area contributed by atoms with Crippen LogP contribution >= 0.6 is 11.6 Å². The Morgan fingerprint density at radius 1 is 1.45 bits per heavy atom. The van der Waals surface area contributed by atoms with E-state index in [2.05, 4.69) is 10.0 Å². The zero-order chi connectivity index (χ0) is 15.3. The number of benzene rings is 1. The molecule has 0 aliphatic heterocycles. The molecule has 2 N–H and O–H groups in total. The van der Waals surface area contributed by atoms with E-state index in [4.69, 9.17) is 11.6 Å². The van der Waals surface area contributed by atoms with Gasteiger partial charge in [-0.15, -0.1) is 0 Å². The maximum absolute atomic E-state index is 13.0. The van der Waals surface area contributed by atoms with Gasteiger partial charge in [0.15, 0.2) is 0 Å². The van der Waals surface area contributed by atoms with Crippen molar-refractivity contribution in [3.8, 4) is 0 Å². The van der Waals surface area contributed by atoms with Crippen LogP contribution in [0.2, 0.25) is 5.02 Å². The second-order valence-electron chi connectivity index (χ2n) is 4.21. The van der Waals surface area contributed by atoms with Crippen LogP contribution in [0.15, 0.2) is 23.1 Å². The van der Waals surface area contributed by atoms with Gasteiger partial charge in [0.05, 0.1) is 16.0 Å². The maximum atomic E-state index is 13.0. The van der Waals surface area contributed by atoms with Crippen molar-refractivity contribution in [2.24, 2.45) is 0 Å². The highest BCUT2D eigenvalue weighted by Gasteiger charge is 2.22. The average molecular weight is 323 g/mol. The summed E-state index contributed by atoms with van der Waals surface area (Å²) in [6, 6.07) is 2.10. The number of halogens is 2. The first-order valence-corrected chi connectivity index (χ1v) is 7.89. The predicted molar refractivity (Wildman–Crippen MR) is 74.5 cm³/mol. The van der Waals surface area contributed by atoms with Crippen molar-refractivity contribution >= 4 is 27.5 Å². The average Bonchev–Trinajstić information content (AvgIpc) is 2.38. The molecule has 0 fully saturated rings. The minimum absolute atomic E-state index is 0.195. The van der Waals surface area contributed by atoms with Crippen molar-refractivity contribution in [1.82, 2.24) is 10.0 Å². The number of rotatable bonds is 6. The van der Waals surface area contributed by atoms with Gasteiger partial charge in [-0.1, -0.05) is 18.5 Å². The lowest BCUT2D eigenvalue weighted by molar-refractivity contribution is -0.122. The quantitative estimate of drug-likeness (QED) is 0.836. The van der Waals surface area contributed by atoms with Crippen molar-refractivity contribution < 1.29 is 17.6 Å². The summed E-state index contributed by atoms with van der Waals surface area (Å²) in [5, 5.41) is 2.28. The second kappa shape index (κ2) is 7.01. The highest BCUT2D eigenvalue weighted by atomic mass is 35.5. The SMILES string of the molecule is CCCNC(=O)[C@H](C)NS(=O)(=O)c1ccc(F)c(Cl)c1. The fourth-order valence-electron chi connectivity index (χ4n) is 1.40. The molecule has 0 unspecified atom stereocenters. The molecule has 5 nitrogen and oxygen atoms in total. The van der Waals surface area contributed by atoms with Crippen molar-refractivity contribution in [1.29, 1.82) is 0 Å². The van der Waals surface area contributed by atoms with Gasteiger partial charge in [-0.2, -0.15) is 4.72 Å². The molecule has 1 rings (SSSR count). The van der Waals surface area contributed by atoms with Gasteiger partial charge in [0.2, 0.25) is 15.9 Å². The first-order valence-electron chi connectivity index (χ1n) is 6.03. The molecule has 0 bridgehead atoms. The van der Waals surface area contributed by atoms with Gasteiger partial charge in [0, 0.05) is 6.54 Å². The Labute approximate surface area is 122 Å². The maximum Gasteiger partial charge on any atom is 0.241 e. The molecule has 1 aromatic carbocycles. The lowest BCUT2D eigenvalue weighted by atomic mass is 10.3. The summed E-state index contributed by atoms with van der Waals surface area (Å²) < 4.78 is 39.2. The van der Waals surface area contributed by atoms with Crippen LogP contribution in [-0.2, 0) is 14.8 Å². The molecule has 20 heavy (non-hydrogen) atoms. The van der Waals surface area contributed by atoms with E-state index in [0.29, 0.717) is 6.54 Å². The van der Waals surface area contributed by atoms with Crippen LogP contribution in [0.4, 0.5) is 4.39 Å². The van der Waals surface area contributed by atoms with Crippen LogP contribution in [0, 0.1) is 5.82 Å². The molecule has 112 valence electrons. The van der Waals surface area contributed by atoms with Gasteiger partial charge in [-0.05, 0) is 31.5 Å². The molecule has 1 aromatic rings. The molecule has 0 heterocycles. The minimum atomic E-state index is -3.93. The Bertz CT molecular complexity index is 592. The first-order chi connectivity index (χ1) is 9.27. The fourth-order valence-corrected chi connectivity index (χ4v) is 2.87. The molecular formula is C12H16ClFN2O3S. The van der Waals surface area contributed by atoms with E-state index in [1.165, 1.54) is 6.92 Å². The van der Waals surface area contributed by atoms with E-state index < -0.39 is 27.8 Å². The Morgan fingerprint density at radius 2 is 2.10 bits per heavy atom. The van der Waals surface area contributed by atoms with Gasteiger partial charge in [-0.3, -0.25) is 4.79 Å². The second-order valence-corrected chi connectivity index (χ2v) is 6.33. The standard InChI is InChI=1S/C12H16ClFN2O3S/c1-3-6-15-12(17)8(2)16-20(18,19)9-4-5-11(14)10(13)7-9/h4-5,7-8,16H,3,6H2,1-2H3,(H,15,17)/t8-/m0/s1. The van der Waals surface area contributed by atoms with Crippen molar-refractivity contribution in [2.75, 3.05) is 6.54 Å². The number of amides is 1. The van der Waals surface area contributed by atoms with Crippen molar-refractivity contribution in [3.63, 3.8) is 0 Å². The molecule has 1 amide bonds. The molecule has 0 saturated heterocycles. The Kier molecular flexibility index (Phi) is 5.91. The third kappa shape index (κ3) is 4.43. The van der Waals surface area contributed by atoms with Crippen LogP contribution in [0.1, 0.15) is 20.3 Å². The molecule has 8 heteroatoms. The van der Waals surface area contributed by atoms with Crippen LogP contribution in [0.25, 0.3) is 0 Å². The molecular weight excluding hydrogens is 307 g/mol. The summed E-state index contributed by atoms with van der Waals surface area (Å²) in [6.45, 7) is 3.77. The van der Waals surface area contributed by atoms with E-state index in [0.717, 1.165) is 24.6 Å². The number of hydrogen-bond donors (Lipinski definition) is 2. The van der Waals surface area contributed by atoms with Gasteiger partial charge < -0.3 is 5.32 Å². The summed E-state index contributed by atoms with van der Waals surface area (Å²) in [4.78, 5) is 11.4. The van der Waals surface area contributed by atoms with Crippen LogP contribution < -0.4 is 10.0 Å². The zero-order valence-corrected chi connectivity index (χ0v) is 12.7. The van der Waals surface area contributed by atoms with Crippen LogP contribution in [0.3, 0.4) is 0 Å². The smallest absolute Gasteiger partial charge is 0.241 e. The number of nitrogens with one attached hydrogen (secondary N) is 2. The molecule has 0 saturated carbocycles. The lowest BCUT2D eigenvalue weighted by Crippen LogP contribution is -2.44. The fraction of sp³-hybridized carbons (Fsp3) is 0.417. The van der Waals surface area contributed by atoms with E-state index in [1.54, 1.807) is 0 Å². The summed E-state index contributed by atoms with van der Waals surface area (Å²) in [6.07, 6.45) is 0.749. The van der Waals surface area contributed by atoms with E-state index in [-0.39, 0.29) is 9.92 Å². The number of hydrogen-bond acceptors (Lipinski definition) is 3. The third-order valence-corrected chi connectivity index (χ3v) is 4.30. The highest BCUT2D eigenvalue weighted by molar-refractivity contribution is 7.89. The molecule has 1 atom stereocenters. The number of carbonyl (C=O) groups excluding carboxylic acids is 1. The summed E-state index contributed by atoms with van der Waals surface area (Å²) >= 11 is 5.54. The number of sulfonamides is 1. The van der Waals surface area contributed by atoms with E-state index in [9.17, 15) is 17.6 Å². The first kappa shape index (κ1) is 16.9. The lowest BCUT2D eigenvalue weighted by Gasteiger charge is -2.14. The summed E-state index contributed by atoms with van der Waals surface area (Å²) in [5.74, 6) is -1.14. The third-order valence-electron chi connectivity index (χ3n) is 2.48. The van der Waals surface area contributed by atoms with Crippen molar-refractivity contribution in [3.05, 3.63) is 29.0 Å². The molecule has 0 aromatic heterocycles. The Balaban J connectivity index is 2.84. The van der Waals surface area contributed by atoms with Crippen molar-refractivity contribution in [2.45, 2.75) is 31.2 Å². The predicted octanol–water partition coefficient (Wildman–Crippen LogP) is 1.67. The summed E-state index contributed by atoms with van der Waals surface area (Å²) in [7, 11) is -3.93. The van der Waals surface area contributed by atoms with Crippen LogP contribution in [-0.4, -0.2) is 26.9 Å². The van der Waals surface area contributed by atoms with Gasteiger partial charge in [0.1, 0.15) is 5.82 Å². The summed E-state index contributed by atoms with van der Waals surface area (Å²) in [5.41, 5.74) is 0. The van der Waals surface area contributed by atoms with E-state index >= 15 is 0 Å². The van der Waals surface area contributed by atoms with E-state index in [1.807, 2.05) is 6.92 Å². The Hall–Kier alpha value is -1.18. The Morgan fingerprint density at radius 3 is 2.65 bits per heavy atom. The van der Waals surface area contributed by atoms with Gasteiger partial charge >= 0.3 is 0 Å². The molecule has 0 aliphatic carbocycles. The largest absolute Gasteiger partial charge is 0.355 e.